The molecule has 0 bridgehead atoms. The number of carbonyl (C=O) groups is 1. The van der Waals surface area contributed by atoms with Crippen molar-refractivity contribution in [2.24, 2.45) is 0 Å². The Morgan fingerprint density at radius 2 is 1.67 bits per heavy atom. The Hall–Kier alpha value is -2.44. The molecule has 0 aliphatic carbocycles. The van der Waals surface area contributed by atoms with Crippen LogP contribution in [-0.4, -0.2) is 42.0 Å². The first kappa shape index (κ1) is 17.9. The predicted molar refractivity (Wildman–Crippen MR) is 107 cm³/mol. The van der Waals surface area contributed by atoms with Gasteiger partial charge in [0.2, 0.25) is 0 Å². The van der Waals surface area contributed by atoms with Crippen LogP contribution in [0.3, 0.4) is 0 Å². The molecule has 27 heavy (non-hydrogen) atoms. The molecular weight excluding hydrogens is 385 g/mol. The molecule has 3 aromatic rings. The van der Waals surface area contributed by atoms with Crippen LogP contribution in [-0.2, 0) is 0 Å². The third-order valence-electron chi connectivity index (χ3n) is 4.56. The van der Waals surface area contributed by atoms with Crippen LogP contribution in [0.4, 0.5) is 9.52 Å². The second kappa shape index (κ2) is 7.66. The summed E-state index contributed by atoms with van der Waals surface area (Å²) in [5.41, 5.74) is 2.39. The van der Waals surface area contributed by atoms with Gasteiger partial charge in [-0.2, -0.15) is 0 Å². The van der Waals surface area contributed by atoms with Gasteiger partial charge in [-0.3, -0.25) is 4.79 Å². The van der Waals surface area contributed by atoms with Crippen molar-refractivity contribution in [2.75, 3.05) is 31.1 Å². The standard InChI is InChI=1S/C20H17ClFN3OS/c21-16-5-1-15(2-6-16)19(26)24-9-11-25(12-10-24)20-23-18(13-27-20)14-3-7-17(22)8-4-14/h1-8,13H,9-12H2. The number of rotatable bonds is 3. The molecule has 0 radical (unpaired) electrons. The molecule has 7 heteroatoms. The lowest BCUT2D eigenvalue weighted by Gasteiger charge is -2.34. The molecular formula is C20H17ClFN3OS. The molecule has 1 saturated heterocycles. The Bertz CT molecular complexity index is 935. The van der Waals surface area contributed by atoms with E-state index < -0.39 is 0 Å². The minimum Gasteiger partial charge on any atom is -0.345 e. The Balaban J connectivity index is 1.40. The van der Waals surface area contributed by atoms with Gasteiger partial charge in [0.15, 0.2) is 5.13 Å². The summed E-state index contributed by atoms with van der Waals surface area (Å²) in [6.45, 7) is 2.76. The van der Waals surface area contributed by atoms with Crippen molar-refractivity contribution in [1.82, 2.24) is 9.88 Å². The van der Waals surface area contributed by atoms with Crippen molar-refractivity contribution < 1.29 is 9.18 Å². The zero-order chi connectivity index (χ0) is 18.8. The normalized spacial score (nSPS) is 14.4. The van der Waals surface area contributed by atoms with Gasteiger partial charge in [0, 0.05) is 47.7 Å². The van der Waals surface area contributed by atoms with E-state index in [0.717, 1.165) is 29.5 Å². The molecule has 2 aromatic carbocycles. The molecule has 4 rings (SSSR count). The number of hydrogen-bond donors (Lipinski definition) is 0. The number of thiazole rings is 1. The van der Waals surface area contributed by atoms with Gasteiger partial charge in [0.25, 0.3) is 5.91 Å². The van der Waals surface area contributed by atoms with Crippen LogP contribution in [0.5, 0.6) is 0 Å². The van der Waals surface area contributed by atoms with E-state index in [1.165, 1.54) is 12.1 Å². The molecule has 138 valence electrons. The average Bonchev–Trinajstić information content (AvgIpc) is 3.19. The molecule has 1 fully saturated rings. The molecule has 0 spiro atoms. The second-order valence-electron chi connectivity index (χ2n) is 6.31. The fraction of sp³-hybridized carbons (Fsp3) is 0.200. The highest BCUT2D eigenvalue weighted by Crippen LogP contribution is 2.28. The lowest BCUT2D eigenvalue weighted by molar-refractivity contribution is 0.0747. The SMILES string of the molecule is O=C(c1ccc(Cl)cc1)N1CCN(c2nc(-c3ccc(F)cc3)cs2)CC1. The fourth-order valence-electron chi connectivity index (χ4n) is 3.04. The highest BCUT2D eigenvalue weighted by atomic mass is 35.5. The maximum Gasteiger partial charge on any atom is 0.253 e. The first-order chi connectivity index (χ1) is 13.1. The van der Waals surface area contributed by atoms with Crippen LogP contribution in [0, 0.1) is 5.82 Å². The molecule has 0 saturated carbocycles. The lowest BCUT2D eigenvalue weighted by atomic mass is 10.2. The van der Waals surface area contributed by atoms with Crippen molar-refractivity contribution in [3.05, 3.63) is 70.3 Å². The molecule has 0 atom stereocenters. The molecule has 1 aliphatic heterocycles. The topological polar surface area (TPSA) is 36.4 Å². The summed E-state index contributed by atoms with van der Waals surface area (Å²) in [6, 6.07) is 13.3. The molecule has 1 aliphatic rings. The summed E-state index contributed by atoms with van der Waals surface area (Å²) in [5, 5.41) is 3.53. The number of carbonyl (C=O) groups excluding carboxylic acids is 1. The van der Waals surface area contributed by atoms with Gasteiger partial charge >= 0.3 is 0 Å². The van der Waals surface area contributed by atoms with Gasteiger partial charge in [-0.15, -0.1) is 11.3 Å². The van der Waals surface area contributed by atoms with E-state index in [9.17, 15) is 9.18 Å². The number of aromatic nitrogens is 1. The van der Waals surface area contributed by atoms with E-state index in [4.69, 9.17) is 11.6 Å². The molecule has 0 unspecified atom stereocenters. The van der Waals surface area contributed by atoms with Gasteiger partial charge < -0.3 is 9.80 Å². The molecule has 1 amide bonds. The summed E-state index contributed by atoms with van der Waals surface area (Å²) in [6.07, 6.45) is 0. The van der Waals surface area contributed by atoms with Gasteiger partial charge in [0.05, 0.1) is 5.69 Å². The smallest absolute Gasteiger partial charge is 0.253 e. The van der Waals surface area contributed by atoms with E-state index in [1.807, 2.05) is 10.3 Å². The van der Waals surface area contributed by atoms with Crippen molar-refractivity contribution in [3.63, 3.8) is 0 Å². The molecule has 0 N–H and O–H groups in total. The van der Waals surface area contributed by atoms with Crippen molar-refractivity contribution in [1.29, 1.82) is 0 Å². The number of anilines is 1. The summed E-state index contributed by atoms with van der Waals surface area (Å²) in [7, 11) is 0. The second-order valence-corrected chi connectivity index (χ2v) is 7.58. The minimum absolute atomic E-state index is 0.0254. The molecule has 2 heterocycles. The monoisotopic (exact) mass is 401 g/mol. The highest BCUT2D eigenvalue weighted by molar-refractivity contribution is 7.14. The average molecular weight is 402 g/mol. The number of amides is 1. The van der Waals surface area contributed by atoms with E-state index >= 15 is 0 Å². The summed E-state index contributed by atoms with van der Waals surface area (Å²) in [5.74, 6) is -0.229. The van der Waals surface area contributed by atoms with Gasteiger partial charge in [-0.1, -0.05) is 11.6 Å². The van der Waals surface area contributed by atoms with Gasteiger partial charge in [-0.05, 0) is 48.5 Å². The third-order valence-corrected chi connectivity index (χ3v) is 5.71. The number of piperazine rings is 1. The first-order valence-electron chi connectivity index (χ1n) is 8.61. The van der Waals surface area contributed by atoms with E-state index in [1.54, 1.807) is 47.7 Å². The molecule has 4 nitrogen and oxygen atoms in total. The maximum absolute atomic E-state index is 13.1. The minimum atomic E-state index is -0.254. The Kier molecular flexibility index (Phi) is 5.09. The first-order valence-corrected chi connectivity index (χ1v) is 9.87. The van der Waals surface area contributed by atoms with Crippen LogP contribution in [0.2, 0.25) is 5.02 Å². The van der Waals surface area contributed by atoms with E-state index in [0.29, 0.717) is 23.7 Å². The maximum atomic E-state index is 13.1. The van der Waals surface area contributed by atoms with Crippen molar-refractivity contribution in [2.45, 2.75) is 0 Å². The Morgan fingerprint density at radius 1 is 1.00 bits per heavy atom. The summed E-state index contributed by atoms with van der Waals surface area (Å²) >= 11 is 7.45. The fourth-order valence-corrected chi connectivity index (χ4v) is 4.05. The summed E-state index contributed by atoms with van der Waals surface area (Å²) in [4.78, 5) is 21.3. The van der Waals surface area contributed by atoms with Crippen LogP contribution in [0.25, 0.3) is 11.3 Å². The lowest BCUT2D eigenvalue weighted by Crippen LogP contribution is -2.48. The molecule has 1 aromatic heterocycles. The van der Waals surface area contributed by atoms with Crippen LogP contribution < -0.4 is 4.90 Å². The Morgan fingerprint density at radius 3 is 2.33 bits per heavy atom. The van der Waals surface area contributed by atoms with Gasteiger partial charge in [0.1, 0.15) is 5.82 Å². The third kappa shape index (κ3) is 3.96. The van der Waals surface area contributed by atoms with Crippen LogP contribution >= 0.6 is 22.9 Å². The number of halogens is 2. The van der Waals surface area contributed by atoms with Gasteiger partial charge in [-0.25, -0.2) is 9.37 Å². The zero-order valence-corrected chi connectivity index (χ0v) is 16.0. The number of hydrogen-bond acceptors (Lipinski definition) is 4. The van der Waals surface area contributed by atoms with Crippen molar-refractivity contribution >= 4 is 34.0 Å². The number of benzene rings is 2. The number of nitrogens with zero attached hydrogens (tertiary/aromatic N) is 3. The van der Waals surface area contributed by atoms with E-state index in [-0.39, 0.29) is 11.7 Å². The summed E-state index contributed by atoms with van der Waals surface area (Å²) < 4.78 is 13.1. The quantitative estimate of drug-likeness (QED) is 0.645. The predicted octanol–water partition coefficient (Wildman–Crippen LogP) is 4.57. The van der Waals surface area contributed by atoms with Crippen LogP contribution in [0.1, 0.15) is 10.4 Å². The van der Waals surface area contributed by atoms with Crippen LogP contribution in [0.15, 0.2) is 53.9 Å². The highest BCUT2D eigenvalue weighted by Gasteiger charge is 2.23. The Labute approximate surface area is 165 Å². The van der Waals surface area contributed by atoms with E-state index in [2.05, 4.69) is 9.88 Å². The zero-order valence-electron chi connectivity index (χ0n) is 14.4. The van der Waals surface area contributed by atoms with Crippen molar-refractivity contribution in [3.8, 4) is 11.3 Å². The largest absolute Gasteiger partial charge is 0.345 e.